The standard InChI is InChI=1S/C18H23N5O.HI/c1-19-18(23-14-9-13-7-8-16(14)24-13)21-11-17-20-10-15(22-17)12-5-3-2-4-6-12;/h2-6,10,13-14,16H,7-9,11H2,1H3,(H,20,22)(H2,19,21,23);1H. The second-order valence-corrected chi connectivity index (χ2v) is 6.40. The molecule has 2 bridgehead atoms. The van der Waals surface area contributed by atoms with E-state index in [1.165, 1.54) is 6.42 Å². The van der Waals surface area contributed by atoms with Gasteiger partial charge in [-0.05, 0) is 24.8 Å². The van der Waals surface area contributed by atoms with Gasteiger partial charge in [0.2, 0.25) is 0 Å². The van der Waals surface area contributed by atoms with Crippen molar-refractivity contribution in [2.75, 3.05) is 7.05 Å². The molecule has 2 saturated heterocycles. The van der Waals surface area contributed by atoms with E-state index in [-0.39, 0.29) is 24.0 Å². The summed E-state index contributed by atoms with van der Waals surface area (Å²) in [5.74, 6) is 1.69. The van der Waals surface area contributed by atoms with Crippen LogP contribution in [0.4, 0.5) is 0 Å². The molecule has 1 aromatic carbocycles. The summed E-state index contributed by atoms with van der Waals surface area (Å²) in [7, 11) is 1.79. The molecule has 2 fully saturated rings. The molecule has 0 saturated carbocycles. The summed E-state index contributed by atoms with van der Waals surface area (Å²) < 4.78 is 5.88. The van der Waals surface area contributed by atoms with Gasteiger partial charge in [-0.3, -0.25) is 4.99 Å². The number of H-pyrrole nitrogens is 1. The normalized spacial score (nSPS) is 24.8. The van der Waals surface area contributed by atoms with E-state index in [1.807, 2.05) is 24.4 Å². The third-order valence-corrected chi connectivity index (χ3v) is 4.79. The molecule has 0 aliphatic carbocycles. The largest absolute Gasteiger partial charge is 0.373 e. The third kappa shape index (κ3) is 4.14. The number of nitrogens with one attached hydrogen (secondary N) is 3. The number of aromatic nitrogens is 2. The van der Waals surface area contributed by atoms with Crippen LogP contribution in [-0.2, 0) is 11.3 Å². The third-order valence-electron chi connectivity index (χ3n) is 4.79. The number of guanidine groups is 1. The maximum absolute atomic E-state index is 5.88. The van der Waals surface area contributed by atoms with Crippen molar-refractivity contribution in [2.45, 2.75) is 44.1 Å². The molecule has 1 aromatic heterocycles. The van der Waals surface area contributed by atoms with Crippen LogP contribution in [0.15, 0.2) is 41.5 Å². The Hall–Kier alpha value is -1.61. The number of fused-ring (bicyclic) bond motifs is 2. The van der Waals surface area contributed by atoms with Crippen molar-refractivity contribution in [3.63, 3.8) is 0 Å². The first-order valence-corrected chi connectivity index (χ1v) is 8.54. The number of hydrogen-bond donors (Lipinski definition) is 3. The van der Waals surface area contributed by atoms with E-state index in [0.29, 0.717) is 24.8 Å². The molecule has 0 spiro atoms. The molecule has 4 rings (SSSR count). The molecule has 6 nitrogen and oxygen atoms in total. The molecule has 25 heavy (non-hydrogen) atoms. The minimum absolute atomic E-state index is 0. The van der Waals surface area contributed by atoms with Crippen molar-refractivity contribution in [3.8, 4) is 11.3 Å². The first-order chi connectivity index (χ1) is 11.8. The quantitative estimate of drug-likeness (QED) is 0.378. The fourth-order valence-corrected chi connectivity index (χ4v) is 3.54. The van der Waals surface area contributed by atoms with Crippen molar-refractivity contribution in [1.29, 1.82) is 0 Å². The van der Waals surface area contributed by atoms with Gasteiger partial charge in [-0.1, -0.05) is 30.3 Å². The van der Waals surface area contributed by atoms with Gasteiger partial charge in [0.15, 0.2) is 5.96 Å². The zero-order valence-corrected chi connectivity index (χ0v) is 16.6. The first kappa shape index (κ1) is 18.2. The van der Waals surface area contributed by atoms with Crippen LogP contribution in [0.2, 0.25) is 0 Å². The molecule has 0 radical (unpaired) electrons. The highest BCUT2D eigenvalue weighted by Crippen LogP contribution is 2.34. The molecule has 7 heteroatoms. The number of aromatic amines is 1. The van der Waals surface area contributed by atoms with Gasteiger partial charge < -0.3 is 20.4 Å². The van der Waals surface area contributed by atoms with E-state index in [9.17, 15) is 0 Å². The number of hydrogen-bond acceptors (Lipinski definition) is 3. The minimum atomic E-state index is 0. The van der Waals surface area contributed by atoms with Crippen LogP contribution < -0.4 is 10.6 Å². The lowest BCUT2D eigenvalue weighted by molar-refractivity contribution is 0.0992. The molecule has 2 aromatic rings. The van der Waals surface area contributed by atoms with Gasteiger partial charge in [0.05, 0.1) is 36.7 Å². The van der Waals surface area contributed by atoms with Gasteiger partial charge >= 0.3 is 0 Å². The highest BCUT2D eigenvalue weighted by Gasteiger charge is 2.41. The van der Waals surface area contributed by atoms with Crippen LogP contribution in [0.25, 0.3) is 11.3 Å². The summed E-state index contributed by atoms with van der Waals surface area (Å²) in [6.45, 7) is 0.605. The zero-order chi connectivity index (χ0) is 16.4. The van der Waals surface area contributed by atoms with Crippen LogP contribution in [0.3, 0.4) is 0 Å². The maximum Gasteiger partial charge on any atom is 0.191 e. The van der Waals surface area contributed by atoms with E-state index in [4.69, 9.17) is 4.74 Å². The van der Waals surface area contributed by atoms with Crippen LogP contribution in [0, 0.1) is 0 Å². The van der Waals surface area contributed by atoms with Crippen molar-refractivity contribution < 1.29 is 4.74 Å². The van der Waals surface area contributed by atoms with E-state index < -0.39 is 0 Å². The summed E-state index contributed by atoms with van der Waals surface area (Å²) >= 11 is 0. The SMILES string of the molecule is CN=C(NCc1ncc(-c2ccccc2)[nH]1)NC1CC2CCC1O2.I. The Balaban J connectivity index is 0.00000182. The number of nitrogens with zero attached hydrogens (tertiary/aromatic N) is 2. The van der Waals surface area contributed by atoms with Crippen molar-refractivity contribution >= 4 is 29.9 Å². The monoisotopic (exact) mass is 453 g/mol. The van der Waals surface area contributed by atoms with E-state index >= 15 is 0 Å². The first-order valence-electron chi connectivity index (χ1n) is 8.54. The average Bonchev–Trinajstić information content (AvgIpc) is 3.36. The molecule has 0 amide bonds. The predicted molar refractivity (Wildman–Crippen MR) is 109 cm³/mol. The topological polar surface area (TPSA) is 74.3 Å². The van der Waals surface area contributed by atoms with Gasteiger partial charge in [0, 0.05) is 7.05 Å². The summed E-state index contributed by atoms with van der Waals surface area (Å²) in [6.07, 6.45) is 6.06. The average molecular weight is 453 g/mol. The summed E-state index contributed by atoms with van der Waals surface area (Å²) in [5.41, 5.74) is 2.16. The van der Waals surface area contributed by atoms with Gasteiger partial charge in [0.25, 0.3) is 0 Å². The number of imidazole rings is 1. The minimum Gasteiger partial charge on any atom is -0.373 e. The number of ether oxygens (including phenoxy) is 1. The zero-order valence-electron chi connectivity index (χ0n) is 14.2. The summed E-state index contributed by atoms with van der Waals surface area (Å²) in [4.78, 5) is 12.1. The molecular formula is C18H24IN5O. The van der Waals surface area contributed by atoms with Crippen LogP contribution in [0.5, 0.6) is 0 Å². The summed E-state index contributed by atoms with van der Waals surface area (Å²) in [6, 6.07) is 10.6. The predicted octanol–water partition coefficient (Wildman–Crippen LogP) is 2.68. The molecule has 3 N–H and O–H groups in total. The Morgan fingerprint density at radius 1 is 1.32 bits per heavy atom. The molecule has 3 heterocycles. The number of aliphatic imine (C=N–C) groups is 1. The molecule has 3 unspecified atom stereocenters. The summed E-state index contributed by atoms with van der Waals surface area (Å²) in [5, 5.41) is 6.80. The fourth-order valence-electron chi connectivity index (χ4n) is 3.54. The Labute approximate surface area is 164 Å². The van der Waals surface area contributed by atoms with Crippen molar-refractivity contribution in [1.82, 2.24) is 20.6 Å². The lowest BCUT2D eigenvalue weighted by Crippen LogP contribution is -2.47. The van der Waals surface area contributed by atoms with E-state index in [0.717, 1.165) is 35.9 Å². The van der Waals surface area contributed by atoms with Gasteiger partial charge in [-0.15, -0.1) is 24.0 Å². The van der Waals surface area contributed by atoms with Gasteiger partial charge in [-0.25, -0.2) is 4.98 Å². The Bertz CT molecular complexity index is 717. The molecule has 134 valence electrons. The Kier molecular flexibility index (Phi) is 5.95. The number of rotatable bonds is 4. The van der Waals surface area contributed by atoms with Crippen LogP contribution >= 0.6 is 24.0 Å². The highest BCUT2D eigenvalue weighted by molar-refractivity contribution is 14.0. The lowest BCUT2D eigenvalue weighted by Gasteiger charge is -2.22. The smallest absolute Gasteiger partial charge is 0.191 e. The fraction of sp³-hybridized carbons (Fsp3) is 0.444. The molecular weight excluding hydrogens is 429 g/mol. The van der Waals surface area contributed by atoms with Crippen LogP contribution in [0.1, 0.15) is 25.1 Å². The van der Waals surface area contributed by atoms with E-state index in [2.05, 4.69) is 37.7 Å². The van der Waals surface area contributed by atoms with E-state index in [1.54, 1.807) is 7.05 Å². The molecule has 3 atom stereocenters. The second-order valence-electron chi connectivity index (χ2n) is 6.40. The molecule has 2 aliphatic heterocycles. The Morgan fingerprint density at radius 3 is 2.84 bits per heavy atom. The number of halogens is 1. The maximum atomic E-state index is 5.88. The Morgan fingerprint density at radius 2 is 2.16 bits per heavy atom. The van der Waals surface area contributed by atoms with Gasteiger partial charge in [0.1, 0.15) is 5.82 Å². The highest BCUT2D eigenvalue weighted by atomic mass is 127. The number of benzene rings is 1. The van der Waals surface area contributed by atoms with Gasteiger partial charge in [-0.2, -0.15) is 0 Å². The second kappa shape index (κ2) is 8.18. The van der Waals surface area contributed by atoms with Crippen LogP contribution in [-0.4, -0.2) is 41.2 Å². The lowest BCUT2D eigenvalue weighted by atomic mass is 9.96. The van der Waals surface area contributed by atoms with Crippen molar-refractivity contribution in [3.05, 3.63) is 42.4 Å². The van der Waals surface area contributed by atoms with Crippen molar-refractivity contribution in [2.24, 2.45) is 4.99 Å². The molecule has 2 aliphatic rings.